The van der Waals surface area contributed by atoms with Gasteiger partial charge >= 0.3 is 0 Å². The molecule has 0 unspecified atom stereocenters. The van der Waals surface area contributed by atoms with Gasteiger partial charge in [0.25, 0.3) is 5.91 Å². The lowest BCUT2D eigenvalue weighted by atomic mass is 10.1. The van der Waals surface area contributed by atoms with Crippen molar-refractivity contribution in [1.29, 1.82) is 0 Å². The highest BCUT2D eigenvalue weighted by Gasteiger charge is 2.23. The summed E-state index contributed by atoms with van der Waals surface area (Å²) < 4.78 is 6.36. The highest BCUT2D eigenvalue weighted by Crippen LogP contribution is 2.31. The van der Waals surface area contributed by atoms with Gasteiger partial charge in [-0.1, -0.05) is 51.8 Å². The van der Waals surface area contributed by atoms with Crippen molar-refractivity contribution in [3.05, 3.63) is 63.1 Å². The van der Waals surface area contributed by atoms with Crippen molar-refractivity contribution >= 4 is 33.4 Å². The van der Waals surface area contributed by atoms with Crippen LogP contribution in [0.3, 0.4) is 0 Å². The van der Waals surface area contributed by atoms with Crippen molar-refractivity contribution < 1.29 is 9.53 Å². The third-order valence-electron chi connectivity index (χ3n) is 3.72. The number of nitrogens with one attached hydrogen (secondary N) is 1. The minimum Gasteiger partial charge on any atom is -0.482 e. The molecule has 22 heavy (non-hydrogen) atoms. The Morgan fingerprint density at radius 1 is 1.32 bits per heavy atom. The molecule has 2 aromatic carbocycles. The molecule has 1 aliphatic rings. The van der Waals surface area contributed by atoms with Crippen molar-refractivity contribution in [3.8, 4) is 5.75 Å². The molecular formula is C17H15BrClNO2. The van der Waals surface area contributed by atoms with Crippen molar-refractivity contribution in [1.82, 2.24) is 5.32 Å². The first kappa shape index (κ1) is 15.4. The van der Waals surface area contributed by atoms with Crippen LogP contribution in [0.4, 0.5) is 0 Å². The van der Waals surface area contributed by atoms with E-state index in [9.17, 15) is 4.79 Å². The van der Waals surface area contributed by atoms with Crippen LogP contribution in [0, 0.1) is 0 Å². The van der Waals surface area contributed by atoms with Crippen LogP contribution in [-0.4, -0.2) is 12.5 Å². The van der Waals surface area contributed by atoms with E-state index < -0.39 is 0 Å². The fourth-order valence-electron chi connectivity index (χ4n) is 2.68. The van der Waals surface area contributed by atoms with Gasteiger partial charge < -0.3 is 10.1 Å². The van der Waals surface area contributed by atoms with Crippen LogP contribution in [0.25, 0.3) is 0 Å². The normalized spacial score (nSPS) is 16.2. The SMILES string of the molecule is O=C(COc1ccc(Br)cc1Cl)N[C@H]1CCc2ccccc21. The fourth-order valence-corrected chi connectivity index (χ4v) is 3.41. The minimum absolute atomic E-state index is 0.0416. The summed E-state index contributed by atoms with van der Waals surface area (Å²) in [7, 11) is 0. The Bertz CT molecular complexity index is 705. The maximum absolute atomic E-state index is 12.1. The van der Waals surface area contributed by atoms with Crippen LogP contribution in [-0.2, 0) is 11.2 Å². The monoisotopic (exact) mass is 379 g/mol. The summed E-state index contributed by atoms with van der Waals surface area (Å²) in [6.07, 6.45) is 1.94. The van der Waals surface area contributed by atoms with Gasteiger partial charge in [-0.25, -0.2) is 0 Å². The summed E-state index contributed by atoms with van der Waals surface area (Å²) >= 11 is 9.39. The number of aryl methyl sites for hydroxylation is 1. The predicted molar refractivity (Wildman–Crippen MR) is 90.3 cm³/mol. The molecule has 0 radical (unpaired) electrons. The van der Waals surface area contributed by atoms with E-state index in [1.54, 1.807) is 12.1 Å². The molecule has 0 bridgehead atoms. The summed E-state index contributed by atoms with van der Waals surface area (Å²) in [5.41, 5.74) is 2.52. The van der Waals surface area contributed by atoms with E-state index in [1.807, 2.05) is 18.2 Å². The number of fused-ring (bicyclic) bond motifs is 1. The van der Waals surface area contributed by atoms with Crippen molar-refractivity contribution in [3.63, 3.8) is 0 Å². The Morgan fingerprint density at radius 3 is 2.95 bits per heavy atom. The van der Waals surface area contributed by atoms with Crippen molar-refractivity contribution in [2.45, 2.75) is 18.9 Å². The summed E-state index contributed by atoms with van der Waals surface area (Å²) in [5.74, 6) is 0.368. The molecule has 0 saturated carbocycles. The lowest BCUT2D eigenvalue weighted by Crippen LogP contribution is -2.31. The van der Waals surface area contributed by atoms with Crippen LogP contribution < -0.4 is 10.1 Å². The van der Waals surface area contributed by atoms with Gasteiger partial charge in [-0.05, 0) is 42.2 Å². The molecule has 0 spiro atoms. The van der Waals surface area contributed by atoms with E-state index in [2.05, 4.69) is 33.4 Å². The summed E-state index contributed by atoms with van der Waals surface area (Å²) in [4.78, 5) is 12.1. The molecule has 114 valence electrons. The largest absolute Gasteiger partial charge is 0.482 e. The molecule has 1 aliphatic carbocycles. The standard InChI is InChI=1S/C17H15BrClNO2/c18-12-6-8-16(14(19)9-12)22-10-17(21)20-15-7-5-11-3-1-2-4-13(11)15/h1-4,6,8-9,15H,5,7,10H2,(H,20,21)/t15-/m0/s1. The molecule has 1 N–H and O–H groups in total. The van der Waals surface area contributed by atoms with Gasteiger partial charge in [-0.3, -0.25) is 4.79 Å². The Morgan fingerprint density at radius 2 is 2.14 bits per heavy atom. The number of ether oxygens (including phenoxy) is 1. The number of benzene rings is 2. The quantitative estimate of drug-likeness (QED) is 0.859. The number of hydrogen-bond acceptors (Lipinski definition) is 2. The Kier molecular flexibility index (Phi) is 4.69. The number of amides is 1. The number of rotatable bonds is 4. The number of halogens is 2. The molecular weight excluding hydrogens is 366 g/mol. The molecule has 0 saturated heterocycles. The van der Waals surface area contributed by atoms with Gasteiger partial charge in [0.15, 0.2) is 6.61 Å². The average Bonchev–Trinajstić information content (AvgIpc) is 2.90. The van der Waals surface area contributed by atoms with Crippen LogP contribution in [0.5, 0.6) is 5.75 Å². The van der Waals surface area contributed by atoms with E-state index in [0.29, 0.717) is 10.8 Å². The van der Waals surface area contributed by atoms with E-state index in [0.717, 1.165) is 17.3 Å². The van der Waals surface area contributed by atoms with Gasteiger partial charge in [0.2, 0.25) is 0 Å². The van der Waals surface area contributed by atoms with Crippen molar-refractivity contribution in [2.24, 2.45) is 0 Å². The zero-order chi connectivity index (χ0) is 15.5. The van der Waals surface area contributed by atoms with E-state index in [-0.39, 0.29) is 18.6 Å². The van der Waals surface area contributed by atoms with E-state index in [1.165, 1.54) is 11.1 Å². The third-order valence-corrected chi connectivity index (χ3v) is 4.51. The third kappa shape index (κ3) is 3.45. The van der Waals surface area contributed by atoms with Gasteiger partial charge in [0.1, 0.15) is 5.75 Å². The lowest BCUT2D eigenvalue weighted by molar-refractivity contribution is -0.123. The molecule has 0 heterocycles. The lowest BCUT2D eigenvalue weighted by Gasteiger charge is -2.15. The molecule has 5 heteroatoms. The Hall–Kier alpha value is -1.52. The maximum atomic E-state index is 12.1. The highest BCUT2D eigenvalue weighted by atomic mass is 79.9. The second-order valence-electron chi connectivity index (χ2n) is 5.22. The second-order valence-corrected chi connectivity index (χ2v) is 6.54. The highest BCUT2D eigenvalue weighted by molar-refractivity contribution is 9.10. The minimum atomic E-state index is -0.138. The van der Waals surface area contributed by atoms with Crippen molar-refractivity contribution in [2.75, 3.05) is 6.61 Å². The Balaban J connectivity index is 1.57. The van der Waals surface area contributed by atoms with Crippen LogP contribution in [0.2, 0.25) is 5.02 Å². The summed E-state index contributed by atoms with van der Waals surface area (Å²) in [6.45, 7) is -0.0416. The molecule has 1 amide bonds. The number of carbonyl (C=O) groups excluding carboxylic acids is 1. The average molecular weight is 381 g/mol. The smallest absolute Gasteiger partial charge is 0.258 e. The number of hydrogen-bond donors (Lipinski definition) is 1. The fraction of sp³-hybridized carbons (Fsp3) is 0.235. The van der Waals surface area contributed by atoms with Crippen LogP contribution >= 0.6 is 27.5 Å². The molecule has 0 fully saturated rings. The first-order valence-corrected chi connectivity index (χ1v) is 8.25. The maximum Gasteiger partial charge on any atom is 0.258 e. The Labute approximate surface area is 142 Å². The summed E-state index contributed by atoms with van der Waals surface area (Å²) in [6, 6.07) is 13.6. The zero-order valence-corrected chi connectivity index (χ0v) is 14.2. The van der Waals surface area contributed by atoms with Gasteiger partial charge in [-0.15, -0.1) is 0 Å². The number of carbonyl (C=O) groups is 1. The molecule has 0 aliphatic heterocycles. The second kappa shape index (κ2) is 6.71. The topological polar surface area (TPSA) is 38.3 Å². The first-order valence-electron chi connectivity index (χ1n) is 7.08. The molecule has 1 atom stereocenters. The molecule has 2 aromatic rings. The van der Waals surface area contributed by atoms with Gasteiger partial charge in [0, 0.05) is 4.47 Å². The first-order chi connectivity index (χ1) is 10.6. The summed E-state index contributed by atoms with van der Waals surface area (Å²) in [5, 5.41) is 3.50. The van der Waals surface area contributed by atoms with E-state index in [4.69, 9.17) is 16.3 Å². The predicted octanol–water partition coefficient (Wildman–Crippen LogP) is 4.29. The van der Waals surface area contributed by atoms with Gasteiger partial charge in [0.05, 0.1) is 11.1 Å². The zero-order valence-electron chi connectivity index (χ0n) is 11.8. The van der Waals surface area contributed by atoms with Crippen LogP contribution in [0.15, 0.2) is 46.9 Å². The van der Waals surface area contributed by atoms with Gasteiger partial charge in [-0.2, -0.15) is 0 Å². The molecule has 3 rings (SSSR count). The van der Waals surface area contributed by atoms with Crippen LogP contribution in [0.1, 0.15) is 23.6 Å². The molecule has 0 aromatic heterocycles. The van der Waals surface area contributed by atoms with E-state index >= 15 is 0 Å². The molecule has 3 nitrogen and oxygen atoms in total.